The third-order valence-corrected chi connectivity index (χ3v) is 5.09. The summed E-state index contributed by atoms with van der Waals surface area (Å²) < 4.78 is 13.0. The van der Waals surface area contributed by atoms with Gasteiger partial charge in [-0.05, 0) is 36.6 Å². The van der Waals surface area contributed by atoms with Gasteiger partial charge in [-0.15, -0.1) is 0 Å². The maximum Gasteiger partial charge on any atom is 0.231 e. The van der Waals surface area contributed by atoms with Gasteiger partial charge in [0, 0.05) is 23.9 Å². The normalized spacial score (nSPS) is 16.4. The Morgan fingerprint density at radius 3 is 2.68 bits per heavy atom. The zero-order valence-corrected chi connectivity index (χ0v) is 15.7. The second kappa shape index (κ2) is 7.66. The van der Waals surface area contributed by atoms with Crippen LogP contribution in [0.2, 0.25) is 0 Å². The molecule has 0 spiro atoms. The molecule has 2 aromatic carbocycles. The van der Waals surface area contributed by atoms with Crippen molar-refractivity contribution in [3.8, 4) is 22.8 Å². The van der Waals surface area contributed by atoms with E-state index in [0.717, 1.165) is 67.4 Å². The predicted octanol–water partition coefficient (Wildman–Crippen LogP) is 3.85. The van der Waals surface area contributed by atoms with Crippen LogP contribution in [0.1, 0.15) is 24.0 Å². The summed E-state index contributed by atoms with van der Waals surface area (Å²) in [6.45, 7) is 3.47. The molecule has 0 N–H and O–H groups in total. The zero-order valence-electron chi connectivity index (χ0n) is 15.7. The highest BCUT2D eigenvalue weighted by molar-refractivity contribution is 5.67. The SMILES string of the molecule is c1ccc(Cn2cc(CN3CCCCO3)c(-c3ccc4c(c3)OCO4)n2)cc1. The highest BCUT2D eigenvalue weighted by Gasteiger charge is 2.20. The lowest BCUT2D eigenvalue weighted by molar-refractivity contribution is -0.187. The van der Waals surface area contributed by atoms with Gasteiger partial charge in [0.05, 0.1) is 25.4 Å². The number of aromatic nitrogens is 2. The monoisotopic (exact) mass is 377 g/mol. The fourth-order valence-electron chi connectivity index (χ4n) is 3.68. The first-order valence-electron chi connectivity index (χ1n) is 9.73. The van der Waals surface area contributed by atoms with Gasteiger partial charge in [-0.2, -0.15) is 10.2 Å². The van der Waals surface area contributed by atoms with Gasteiger partial charge in [0.2, 0.25) is 6.79 Å². The Kier molecular flexibility index (Phi) is 4.72. The van der Waals surface area contributed by atoms with Gasteiger partial charge in [0.15, 0.2) is 11.5 Å². The highest BCUT2D eigenvalue weighted by Crippen LogP contribution is 2.36. The molecule has 2 aliphatic rings. The number of nitrogens with zero attached hydrogens (tertiary/aromatic N) is 3. The van der Waals surface area contributed by atoms with Crippen molar-refractivity contribution >= 4 is 0 Å². The van der Waals surface area contributed by atoms with Gasteiger partial charge in [0.25, 0.3) is 0 Å². The van der Waals surface area contributed by atoms with E-state index in [-0.39, 0.29) is 6.79 Å². The molecule has 1 aromatic heterocycles. The Labute approximate surface area is 164 Å². The third kappa shape index (κ3) is 3.61. The molecule has 5 rings (SSSR count). The summed E-state index contributed by atoms with van der Waals surface area (Å²) in [5, 5.41) is 6.95. The Bertz CT molecular complexity index is 949. The molecule has 1 fully saturated rings. The van der Waals surface area contributed by atoms with E-state index >= 15 is 0 Å². The molecule has 0 radical (unpaired) electrons. The summed E-state index contributed by atoms with van der Waals surface area (Å²) in [6, 6.07) is 16.4. The topological polar surface area (TPSA) is 48.8 Å². The summed E-state index contributed by atoms with van der Waals surface area (Å²) in [5.41, 5.74) is 4.37. The molecule has 0 saturated carbocycles. The van der Waals surface area contributed by atoms with Crippen molar-refractivity contribution in [2.24, 2.45) is 0 Å². The maximum absolute atomic E-state index is 5.83. The molecule has 3 aromatic rings. The molecule has 3 heterocycles. The van der Waals surface area contributed by atoms with E-state index in [1.54, 1.807) is 0 Å². The first kappa shape index (κ1) is 17.3. The predicted molar refractivity (Wildman–Crippen MR) is 105 cm³/mol. The van der Waals surface area contributed by atoms with Gasteiger partial charge in [0.1, 0.15) is 0 Å². The molecule has 0 unspecified atom stereocenters. The van der Waals surface area contributed by atoms with Gasteiger partial charge < -0.3 is 9.47 Å². The molecule has 28 heavy (non-hydrogen) atoms. The van der Waals surface area contributed by atoms with Gasteiger partial charge in [-0.3, -0.25) is 9.52 Å². The summed E-state index contributed by atoms with van der Waals surface area (Å²) in [6.07, 6.45) is 4.42. The Morgan fingerprint density at radius 2 is 1.82 bits per heavy atom. The molecule has 6 nitrogen and oxygen atoms in total. The Hall–Kier alpha value is -2.83. The van der Waals surface area contributed by atoms with E-state index < -0.39 is 0 Å². The van der Waals surface area contributed by atoms with Crippen LogP contribution in [0.3, 0.4) is 0 Å². The minimum atomic E-state index is 0.274. The average molecular weight is 377 g/mol. The molecule has 1 saturated heterocycles. The number of benzene rings is 2. The molecule has 144 valence electrons. The van der Waals surface area contributed by atoms with Crippen molar-refractivity contribution in [3.05, 3.63) is 65.9 Å². The number of fused-ring (bicyclic) bond motifs is 1. The van der Waals surface area contributed by atoms with E-state index in [2.05, 4.69) is 30.5 Å². The smallest absolute Gasteiger partial charge is 0.231 e. The van der Waals surface area contributed by atoms with E-state index in [1.165, 1.54) is 5.56 Å². The van der Waals surface area contributed by atoms with Crippen molar-refractivity contribution in [3.63, 3.8) is 0 Å². The highest BCUT2D eigenvalue weighted by atomic mass is 16.7. The molecular formula is C22H23N3O3. The molecule has 0 aliphatic carbocycles. The quantitative estimate of drug-likeness (QED) is 0.676. The van der Waals surface area contributed by atoms with Crippen LogP contribution in [-0.4, -0.2) is 34.8 Å². The maximum atomic E-state index is 5.83. The van der Waals surface area contributed by atoms with Crippen LogP contribution in [0.5, 0.6) is 11.5 Å². The van der Waals surface area contributed by atoms with Crippen LogP contribution < -0.4 is 9.47 Å². The summed E-state index contributed by atoms with van der Waals surface area (Å²) >= 11 is 0. The number of ether oxygens (including phenoxy) is 2. The third-order valence-electron chi connectivity index (χ3n) is 5.09. The van der Waals surface area contributed by atoms with E-state index in [4.69, 9.17) is 19.4 Å². The number of hydrogen-bond donors (Lipinski definition) is 0. The fourth-order valence-corrected chi connectivity index (χ4v) is 3.68. The first-order chi connectivity index (χ1) is 13.8. The molecule has 2 aliphatic heterocycles. The average Bonchev–Trinajstić information content (AvgIpc) is 3.36. The molecule has 0 amide bonds. The van der Waals surface area contributed by atoms with E-state index in [9.17, 15) is 0 Å². The lowest BCUT2D eigenvalue weighted by Gasteiger charge is -2.25. The van der Waals surface area contributed by atoms with Crippen molar-refractivity contribution in [2.45, 2.75) is 25.9 Å². The first-order valence-corrected chi connectivity index (χ1v) is 9.73. The molecule has 0 atom stereocenters. The molecule has 6 heteroatoms. The van der Waals surface area contributed by atoms with Crippen LogP contribution >= 0.6 is 0 Å². The second-order valence-corrected chi connectivity index (χ2v) is 7.16. The van der Waals surface area contributed by atoms with Crippen LogP contribution in [0.25, 0.3) is 11.3 Å². The molecule has 0 bridgehead atoms. The summed E-state index contributed by atoms with van der Waals surface area (Å²) in [4.78, 5) is 5.83. The van der Waals surface area contributed by atoms with E-state index in [1.807, 2.05) is 34.0 Å². The fraction of sp³-hybridized carbons (Fsp3) is 0.318. The lowest BCUT2D eigenvalue weighted by Crippen LogP contribution is -2.29. The van der Waals surface area contributed by atoms with Crippen molar-refractivity contribution in [1.82, 2.24) is 14.8 Å². The molecular weight excluding hydrogens is 354 g/mol. The van der Waals surface area contributed by atoms with Gasteiger partial charge in [-0.25, -0.2) is 0 Å². The standard InChI is InChI=1S/C22H23N3O3/c1-2-6-17(7-3-1)13-24-14-19(15-25-10-4-5-11-28-25)22(23-24)18-8-9-20-21(12-18)27-16-26-20/h1-3,6-9,12,14H,4-5,10-11,13,15-16H2. The Balaban J connectivity index is 1.47. The largest absolute Gasteiger partial charge is 0.454 e. The lowest BCUT2D eigenvalue weighted by atomic mass is 10.1. The minimum absolute atomic E-state index is 0.274. The van der Waals surface area contributed by atoms with Gasteiger partial charge >= 0.3 is 0 Å². The second-order valence-electron chi connectivity index (χ2n) is 7.16. The zero-order chi connectivity index (χ0) is 18.8. The number of hydrogen-bond acceptors (Lipinski definition) is 5. The Morgan fingerprint density at radius 1 is 0.929 bits per heavy atom. The van der Waals surface area contributed by atoms with Crippen LogP contribution in [0.4, 0.5) is 0 Å². The van der Waals surface area contributed by atoms with Crippen molar-refractivity contribution in [2.75, 3.05) is 19.9 Å². The van der Waals surface area contributed by atoms with Crippen molar-refractivity contribution < 1.29 is 14.3 Å². The van der Waals surface area contributed by atoms with E-state index in [0.29, 0.717) is 0 Å². The number of hydroxylamine groups is 2. The van der Waals surface area contributed by atoms with Crippen LogP contribution in [0.15, 0.2) is 54.7 Å². The van der Waals surface area contributed by atoms with Gasteiger partial charge in [-0.1, -0.05) is 30.3 Å². The number of rotatable bonds is 5. The minimum Gasteiger partial charge on any atom is -0.454 e. The van der Waals surface area contributed by atoms with Crippen molar-refractivity contribution in [1.29, 1.82) is 0 Å². The van der Waals surface area contributed by atoms with Crippen LogP contribution in [-0.2, 0) is 17.9 Å². The summed E-state index contributed by atoms with van der Waals surface area (Å²) in [7, 11) is 0. The van der Waals surface area contributed by atoms with Crippen LogP contribution in [0, 0.1) is 0 Å². The summed E-state index contributed by atoms with van der Waals surface area (Å²) in [5.74, 6) is 1.56.